The first-order valence-corrected chi connectivity index (χ1v) is 7.40. The number of hydrogen-bond acceptors (Lipinski definition) is 3. The Hall–Kier alpha value is -2.10. The van der Waals surface area contributed by atoms with Crippen LogP contribution in [0.2, 0.25) is 0 Å². The molecule has 0 aromatic heterocycles. The molecule has 0 unspecified atom stereocenters. The third-order valence-corrected chi connectivity index (χ3v) is 3.61. The Morgan fingerprint density at radius 3 is 2.67 bits per heavy atom. The number of amides is 1. The van der Waals surface area contributed by atoms with Gasteiger partial charge in [0.1, 0.15) is 6.10 Å². The Kier molecular flexibility index (Phi) is 5.55. The highest BCUT2D eigenvalue weighted by atomic mass is 16.6. The molecule has 4 heteroatoms. The molecule has 1 aromatic rings. The van der Waals surface area contributed by atoms with Crippen LogP contribution in [0.4, 0.5) is 0 Å². The van der Waals surface area contributed by atoms with Crippen LogP contribution >= 0.6 is 0 Å². The molecule has 4 nitrogen and oxygen atoms in total. The van der Waals surface area contributed by atoms with Crippen molar-refractivity contribution in [3.05, 3.63) is 47.5 Å². The predicted octanol–water partition coefficient (Wildman–Crippen LogP) is 2.52. The van der Waals surface area contributed by atoms with E-state index in [4.69, 9.17) is 10.5 Å². The fourth-order valence-corrected chi connectivity index (χ4v) is 2.41. The van der Waals surface area contributed by atoms with Crippen molar-refractivity contribution < 1.29 is 14.3 Å². The molecule has 112 valence electrons. The Morgan fingerprint density at radius 1 is 1.24 bits per heavy atom. The first kappa shape index (κ1) is 15.3. The summed E-state index contributed by atoms with van der Waals surface area (Å²) in [5.41, 5.74) is 7.12. The van der Waals surface area contributed by atoms with Crippen molar-refractivity contribution in [3.8, 4) is 0 Å². The van der Waals surface area contributed by atoms with Gasteiger partial charge in [0.05, 0.1) is 5.57 Å². The van der Waals surface area contributed by atoms with E-state index in [2.05, 4.69) is 12.1 Å². The van der Waals surface area contributed by atoms with Crippen molar-refractivity contribution >= 4 is 11.9 Å². The Balaban J connectivity index is 1.74. The van der Waals surface area contributed by atoms with Crippen LogP contribution in [0.3, 0.4) is 0 Å². The van der Waals surface area contributed by atoms with Gasteiger partial charge in [-0.25, -0.2) is 4.79 Å². The number of rotatable bonds is 8. The van der Waals surface area contributed by atoms with Crippen LogP contribution in [0.25, 0.3) is 0 Å². The van der Waals surface area contributed by atoms with Crippen molar-refractivity contribution in [1.82, 2.24) is 0 Å². The standard InChI is InChI=1S/C17H21NO3/c18-16(19)10-6-2-5-9-14-15(21-17(14)20)12-11-13-7-3-1-4-8-13/h1,3-4,7-9,15H,2,5-6,10-12H2,(H2,18,19)/b14-9-/t15-/m0/s1. The number of hydrogen-bond donors (Lipinski definition) is 1. The lowest BCUT2D eigenvalue weighted by Crippen LogP contribution is -2.37. The van der Waals surface area contributed by atoms with Crippen molar-refractivity contribution in [3.63, 3.8) is 0 Å². The molecule has 0 saturated carbocycles. The normalized spacial score (nSPS) is 19.1. The predicted molar refractivity (Wildman–Crippen MR) is 80.4 cm³/mol. The van der Waals surface area contributed by atoms with E-state index in [0.29, 0.717) is 6.42 Å². The summed E-state index contributed by atoms with van der Waals surface area (Å²) in [5.74, 6) is -0.477. The van der Waals surface area contributed by atoms with E-state index in [-0.39, 0.29) is 18.0 Å². The lowest BCUT2D eigenvalue weighted by Gasteiger charge is -2.29. The number of cyclic esters (lactones) is 1. The summed E-state index contributed by atoms with van der Waals surface area (Å²) in [6.07, 6.45) is 6.43. The first-order valence-electron chi connectivity index (χ1n) is 7.40. The minimum Gasteiger partial charge on any atom is -0.454 e. The number of benzene rings is 1. The summed E-state index contributed by atoms with van der Waals surface area (Å²) >= 11 is 0. The highest BCUT2D eigenvalue weighted by Crippen LogP contribution is 2.26. The third kappa shape index (κ3) is 4.74. The molecule has 1 amide bonds. The fraction of sp³-hybridized carbons (Fsp3) is 0.412. The SMILES string of the molecule is NC(=O)CCCC/C=C1\C(=O)O[C@H]1CCc1ccccc1. The molecule has 1 aliphatic rings. The Labute approximate surface area is 125 Å². The van der Waals surface area contributed by atoms with Crippen LogP contribution in [0.15, 0.2) is 42.0 Å². The number of aryl methyl sites for hydroxylation is 1. The van der Waals surface area contributed by atoms with Gasteiger partial charge in [-0.3, -0.25) is 4.79 Å². The summed E-state index contributed by atoms with van der Waals surface area (Å²) in [4.78, 5) is 22.1. The van der Waals surface area contributed by atoms with Crippen LogP contribution in [0.1, 0.15) is 37.7 Å². The highest BCUT2D eigenvalue weighted by Gasteiger charge is 2.34. The zero-order chi connectivity index (χ0) is 15.1. The maximum Gasteiger partial charge on any atom is 0.338 e. The van der Waals surface area contributed by atoms with Crippen molar-refractivity contribution in [1.29, 1.82) is 0 Å². The van der Waals surface area contributed by atoms with Crippen LogP contribution in [-0.2, 0) is 20.7 Å². The molecule has 1 atom stereocenters. The number of carbonyl (C=O) groups is 2. The maximum atomic E-state index is 11.5. The van der Waals surface area contributed by atoms with E-state index in [9.17, 15) is 9.59 Å². The zero-order valence-electron chi connectivity index (χ0n) is 12.1. The van der Waals surface area contributed by atoms with E-state index in [1.165, 1.54) is 5.56 Å². The highest BCUT2D eigenvalue weighted by molar-refractivity contribution is 5.95. The van der Waals surface area contributed by atoms with Gasteiger partial charge in [-0.2, -0.15) is 0 Å². The van der Waals surface area contributed by atoms with Gasteiger partial charge in [0.15, 0.2) is 0 Å². The maximum absolute atomic E-state index is 11.5. The van der Waals surface area contributed by atoms with Crippen molar-refractivity contribution in [2.24, 2.45) is 5.73 Å². The summed E-state index contributed by atoms with van der Waals surface area (Å²) in [5, 5.41) is 0. The second-order valence-corrected chi connectivity index (χ2v) is 5.29. The number of unbranched alkanes of at least 4 members (excludes halogenated alkanes) is 2. The fourth-order valence-electron chi connectivity index (χ4n) is 2.41. The van der Waals surface area contributed by atoms with Crippen molar-refractivity contribution in [2.75, 3.05) is 0 Å². The molecular weight excluding hydrogens is 266 g/mol. The molecule has 2 rings (SSSR count). The van der Waals surface area contributed by atoms with Crippen LogP contribution in [0.5, 0.6) is 0 Å². The average molecular weight is 287 g/mol. The molecule has 2 N–H and O–H groups in total. The summed E-state index contributed by atoms with van der Waals surface area (Å²) < 4.78 is 5.19. The Bertz CT molecular complexity index is 522. The second-order valence-electron chi connectivity index (χ2n) is 5.29. The molecule has 0 spiro atoms. The number of primary amides is 1. The van der Waals surface area contributed by atoms with Crippen LogP contribution in [0, 0.1) is 0 Å². The quantitative estimate of drug-likeness (QED) is 0.454. The van der Waals surface area contributed by atoms with Gasteiger partial charge < -0.3 is 10.5 Å². The minimum atomic E-state index is -0.272. The summed E-state index contributed by atoms with van der Waals surface area (Å²) in [6.45, 7) is 0. The molecule has 1 aromatic carbocycles. The van der Waals surface area contributed by atoms with E-state index >= 15 is 0 Å². The molecule has 0 radical (unpaired) electrons. The summed E-state index contributed by atoms with van der Waals surface area (Å²) in [6, 6.07) is 10.2. The number of ether oxygens (including phenoxy) is 1. The lowest BCUT2D eigenvalue weighted by molar-refractivity contribution is -0.156. The molecular formula is C17H21NO3. The monoisotopic (exact) mass is 287 g/mol. The van der Waals surface area contributed by atoms with E-state index in [0.717, 1.165) is 37.7 Å². The molecule has 1 heterocycles. The number of carbonyl (C=O) groups excluding carboxylic acids is 2. The molecule has 1 fully saturated rings. The smallest absolute Gasteiger partial charge is 0.338 e. The lowest BCUT2D eigenvalue weighted by atomic mass is 9.96. The molecule has 1 saturated heterocycles. The number of esters is 1. The van der Waals surface area contributed by atoms with E-state index in [1.54, 1.807) is 0 Å². The van der Waals surface area contributed by atoms with Gasteiger partial charge in [0.25, 0.3) is 0 Å². The zero-order valence-corrected chi connectivity index (χ0v) is 12.1. The van der Waals surface area contributed by atoms with E-state index in [1.807, 2.05) is 24.3 Å². The molecule has 0 aliphatic carbocycles. The third-order valence-electron chi connectivity index (χ3n) is 3.61. The van der Waals surface area contributed by atoms with Gasteiger partial charge in [0, 0.05) is 6.42 Å². The molecule has 21 heavy (non-hydrogen) atoms. The first-order chi connectivity index (χ1) is 10.2. The van der Waals surface area contributed by atoms with Crippen LogP contribution in [-0.4, -0.2) is 18.0 Å². The molecule has 1 aliphatic heterocycles. The van der Waals surface area contributed by atoms with Crippen molar-refractivity contribution in [2.45, 2.75) is 44.6 Å². The average Bonchev–Trinajstić information content (AvgIpc) is 2.47. The largest absolute Gasteiger partial charge is 0.454 e. The van der Waals surface area contributed by atoms with E-state index < -0.39 is 0 Å². The van der Waals surface area contributed by atoms with Gasteiger partial charge in [0.2, 0.25) is 5.91 Å². The molecule has 0 bridgehead atoms. The van der Waals surface area contributed by atoms with Crippen LogP contribution < -0.4 is 5.73 Å². The van der Waals surface area contributed by atoms with Gasteiger partial charge in [-0.15, -0.1) is 0 Å². The number of allylic oxidation sites excluding steroid dienone is 1. The van der Waals surface area contributed by atoms with Gasteiger partial charge in [-0.05, 0) is 37.7 Å². The Morgan fingerprint density at radius 2 is 2.00 bits per heavy atom. The topological polar surface area (TPSA) is 69.4 Å². The summed E-state index contributed by atoms with van der Waals surface area (Å²) in [7, 11) is 0. The minimum absolute atomic E-state index is 0.0751. The number of nitrogens with two attached hydrogens (primary N) is 1. The second kappa shape index (κ2) is 7.62. The van der Waals surface area contributed by atoms with Gasteiger partial charge >= 0.3 is 5.97 Å². The van der Waals surface area contributed by atoms with Gasteiger partial charge in [-0.1, -0.05) is 36.4 Å².